The molecular formula is C27H36N4O3. The molecule has 0 spiro atoms. The van der Waals surface area contributed by atoms with Crippen LogP contribution < -0.4 is 4.74 Å². The van der Waals surface area contributed by atoms with Crippen molar-refractivity contribution in [2.75, 3.05) is 52.9 Å². The Morgan fingerprint density at radius 3 is 2.29 bits per heavy atom. The van der Waals surface area contributed by atoms with Gasteiger partial charge in [0, 0.05) is 50.7 Å². The summed E-state index contributed by atoms with van der Waals surface area (Å²) in [7, 11) is 1.69. The van der Waals surface area contributed by atoms with Gasteiger partial charge in [-0.05, 0) is 44.0 Å². The maximum Gasteiger partial charge on any atom is 0.272 e. The van der Waals surface area contributed by atoms with Crippen molar-refractivity contribution in [3.8, 4) is 5.75 Å². The molecule has 34 heavy (non-hydrogen) atoms. The summed E-state index contributed by atoms with van der Waals surface area (Å²) < 4.78 is 5.47. The van der Waals surface area contributed by atoms with Gasteiger partial charge in [-0.15, -0.1) is 0 Å². The fourth-order valence-electron chi connectivity index (χ4n) is 5.01. The van der Waals surface area contributed by atoms with Crippen molar-refractivity contribution in [1.82, 2.24) is 14.7 Å². The number of likely N-dealkylation sites (tertiary alicyclic amines) is 1. The van der Waals surface area contributed by atoms with Crippen molar-refractivity contribution < 1.29 is 14.7 Å². The standard InChI is InChI=1S/C27H36N4O3/c1-34-25-10-6-5-9-24(25)21-30-17-19-31(20-18-30)27(32)26(28-33)23-12-15-29(16-13-23)14-11-22-7-3-2-4-8-22/h2-10,23,33H,11-21H2,1H3. The number of methoxy groups -OCH3 is 1. The summed E-state index contributed by atoms with van der Waals surface area (Å²) >= 11 is 0. The highest BCUT2D eigenvalue weighted by molar-refractivity contribution is 6.39. The Morgan fingerprint density at radius 2 is 1.62 bits per heavy atom. The smallest absolute Gasteiger partial charge is 0.272 e. The van der Waals surface area contributed by atoms with Gasteiger partial charge in [-0.3, -0.25) is 9.69 Å². The number of nitrogens with zero attached hydrogens (tertiary/aromatic N) is 4. The number of piperazine rings is 1. The van der Waals surface area contributed by atoms with Crippen LogP contribution in [0.3, 0.4) is 0 Å². The van der Waals surface area contributed by atoms with E-state index in [1.165, 1.54) is 5.56 Å². The van der Waals surface area contributed by atoms with Crippen LogP contribution in [0.1, 0.15) is 24.0 Å². The van der Waals surface area contributed by atoms with E-state index < -0.39 is 0 Å². The minimum absolute atomic E-state index is 0.0251. The van der Waals surface area contributed by atoms with Crippen LogP contribution in [-0.2, 0) is 17.8 Å². The number of piperidine rings is 1. The van der Waals surface area contributed by atoms with E-state index in [4.69, 9.17) is 4.74 Å². The Hall–Kier alpha value is -2.90. The first-order chi connectivity index (χ1) is 16.7. The largest absolute Gasteiger partial charge is 0.496 e. The number of benzene rings is 2. The van der Waals surface area contributed by atoms with Crippen molar-refractivity contribution in [3.05, 3.63) is 65.7 Å². The molecule has 2 aliphatic heterocycles. The Bertz CT molecular complexity index is 949. The molecule has 1 N–H and O–H groups in total. The average molecular weight is 465 g/mol. The highest BCUT2D eigenvalue weighted by Gasteiger charge is 2.32. The summed E-state index contributed by atoms with van der Waals surface area (Å²) in [5.41, 5.74) is 2.84. The molecule has 0 aromatic heterocycles. The van der Waals surface area contributed by atoms with Crippen LogP contribution in [0.4, 0.5) is 0 Å². The first-order valence-corrected chi connectivity index (χ1v) is 12.3. The second-order valence-corrected chi connectivity index (χ2v) is 9.22. The predicted molar refractivity (Wildman–Crippen MR) is 133 cm³/mol. The highest BCUT2D eigenvalue weighted by Crippen LogP contribution is 2.22. The zero-order valence-electron chi connectivity index (χ0n) is 20.1. The molecule has 2 aliphatic rings. The second-order valence-electron chi connectivity index (χ2n) is 9.22. The lowest BCUT2D eigenvalue weighted by Gasteiger charge is -2.37. The van der Waals surface area contributed by atoms with Gasteiger partial charge < -0.3 is 19.7 Å². The molecule has 7 nitrogen and oxygen atoms in total. The first kappa shape index (κ1) is 24.2. The van der Waals surface area contributed by atoms with Crippen molar-refractivity contribution in [3.63, 3.8) is 0 Å². The number of carbonyl (C=O) groups is 1. The zero-order valence-corrected chi connectivity index (χ0v) is 20.1. The van der Waals surface area contributed by atoms with Gasteiger partial charge in [0.2, 0.25) is 0 Å². The minimum Gasteiger partial charge on any atom is -0.496 e. The third-order valence-corrected chi connectivity index (χ3v) is 7.11. The number of rotatable bonds is 8. The minimum atomic E-state index is -0.109. The van der Waals surface area contributed by atoms with Crippen LogP contribution in [0.25, 0.3) is 0 Å². The maximum absolute atomic E-state index is 13.2. The topological polar surface area (TPSA) is 68.6 Å². The Balaban J connectivity index is 1.23. The van der Waals surface area contributed by atoms with Crippen LogP contribution in [0.15, 0.2) is 59.8 Å². The highest BCUT2D eigenvalue weighted by atomic mass is 16.5. The van der Waals surface area contributed by atoms with Gasteiger partial charge in [0.1, 0.15) is 11.5 Å². The fourth-order valence-corrected chi connectivity index (χ4v) is 5.01. The average Bonchev–Trinajstić information content (AvgIpc) is 2.90. The molecule has 0 aliphatic carbocycles. The number of ether oxygens (including phenoxy) is 1. The van der Waals surface area contributed by atoms with E-state index in [2.05, 4.69) is 45.3 Å². The molecule has 0 saturated carbocycles. The van der Waals surface area contributed by atoms with Gasteiger partial charge in [-0.2, -0.15) is 0 Å². The number of para-hydroxylation sites is 1. The lowest BCUT2D eigenvalue weighted by atomic mass is 9.90. The summed E-state index contributed by atoms with van der Waals surface area (Å²) in [6, 6.07) is 18.6. The first-order valence-electron chi connectivity index (χ1n) is 12.3. The maximum atomic E-state index is 13.2. The van der Waals surface area contributed by atoms with E-state index in [9.17, 15) is 10.0 Å². The fraction of sp³-hybridized carbons (Fsp3) is 0.481. The lowest BCUT2D eigenvalue weighted by molar-refractivity contribution is -0.126. The molecule has 2 aromatic rings. The summed E-state index contributed by atoms with van der Waals surface area (Å²) in [5.74, 6) is 0.810. The van der Waals surface area contributed by atoms with E-state index >= 15 is 0 Å². The number of oxime groups is 1. The molecule has 0 bridgehead atoms. The van der Waals surface area contributed by atoms with Crippen LogP contribution in [-0.4, -0.2) is 84.4 Å². The van der Waals surface area contributed by atoms with Gasteiger partial charge in [-0.1, -0.05) is 53.7 Å². The van der Waals surface area contributed by atoms with Crippen LogP contribution in [0.5, 0.6) is 5.75 Å². The molecule has 2 aromatic carbocycles. The van der Waals surface area contributed by atoms with Gasteiger partial charge in [0.15, 0.2) is 0 Å². The molecule has 0 unspecified atom stereocenters. The summed E-state index contributed by atoms with van der Waals surface area (Å²) in [6.07, 6.45) is 2.74. The molecule has 4 rings (SSSR count). The van der Waals surface area contributed by atoms with Crippen molar-refractivity contribution >= 4 is 11.6 Å². The van der Waals surface area contributed by atoms with Crippen LogP contribution in [0.2, 0.25) is 0 Å². The van der Waals surface area contributed by atoms with E-state index in [0.29, 0.717) is 18.8 Å². The van der Waals surface area contributed by atoms with Gasteiger partial charge in [0.05, 0.1) is 7.11 Å². The van der Waals surface area contributed by atoms with E-state index in [1.807, 2.05) is 29.2 Å². The Labute approximate surface area is 202 Å². The van der Waals surface area contributed by atoms with Gasteiger partial charge in [0.25, 0.3) is 5.91 Å². The van der Waals surface area contributed by atoms with Crippen LogP contribution >= 0.6 is 0 Å². The van der Waals surface area contributed by atoms with Crippen molar-refractivity contribution in [2.45, 2.75) is 25.8 Å². The van der Waals surface area contributed by atoms with Crippen molar-refractivity contribution in [1.29, 1.82) is 0 Å². The molecule has 2 saturated heterocycles. The second kappa shape index (κ2) is 12.0. The molecule has 2 fully saturated rings. The quantitative estimate of drug-likeness (QED) is 0.369. The normalized spacial score (nSPS) is 18.7. The lowest BCUT2D eigenvalue weighted by Crippen LogP contribution is -2.52. The van der Waals surface area contributed by atoms with Gasteiger partial charge >= 0.3 is 0 Å². The molecule has 182 valence electrons. The summed E-state index contributed by atoms with van der Waals surface area (Å²) in [6.45, 7) is 6.54. The number of hydrogen-bond acceptors (Lipinski definition) is 6. The molecule has 1 amide bonds. The third kappa shape index (κ3) is 6.15. The third-order valence-electron chi connectivity index (χ3n) is 7.11. The van der Waals surface area contributed by atoms with Crippen molar-refractivity contribution in [2.24, 2.45) is 11.1 Å². The molecular weight excluding hydrogens is 428 g/mol. The predicted octanol–water partition coefficient (Wildman–Crippen LogP) is 3.12. The van der Waals surface area contributed by atoms with Crippen LogP contribution in [0, 0.1) is 5.92 Å². The molecule has 0 radical (unpaired) electrons. The summed E-state index contributed by atoms with van der Waals surface area (Å²) in [5, 5.41) is 13.2. The zero-order chi connectivity index (χ0) is 23.8. The number of hydrogen-bond donors (Lipinski definition) is 1. The van der Waals surface area contributed by atoms with E-state index in [1.54, 1.807) is 7.11 Å². The number of carbonyl (C=O) groups excluding carboxylic acids is 1. The SMILES string of the molecule is COc1ccccc1CN1CCN(C(=O)C(=NO)C2CCN(CCc3ccccc3)CC2)CC1. The van der Waals surface area contributed by atoms with E-state index in [-0.39, 0.29) is 11.8 Å². The Morgan fingerprint density at radius 1 is 0.941 bits per heavy atom. The summed E-state index contributed by atoms with van der Waals surface area (Å²) in [4.78, 5) is 19.8. The van der Waals surface area contributed by atoms with Gasteiger partial charge in [-0.25, -0.2) is 0 Å². The monoisotopic (exact) mass is 464 g/mol. The Kier molecular flexibility index (Phi) is 8.55. The van der Waals surface area contributed by atoms with E-state index in [0.717, 1.165) is 69.8 Å². The molecule has 7 heteroatoms. The number of amides is 1. The molecule has 2 heterocycles. The molecule has 0 atom stereocenters.